The van der Waals surface area contributed by atoms with Crippen molar-refractivity contribution in [2.45, 2.75) is 43.8 Å². The number of amides is 2. The lowest BCUT2D eigenvalue weighted by Gasteiger charge is -2.30. The summed E-state index contributed by atoms with van der Waals surface area (Å²) in [7, 11) is 0. The minimum Gasteiger partial charge on any atom is -0.406 e. The Morgan fingerprint density at radius 1 is 0.811 bits per heavy atom. The third-order valence-corrected chi connectivity index (χ3v) is 5.80. The zero-order chi connectivity index (χ0) is 27.3. The highest BCUT2D eigenvalue weighted by molar-refractivity contribution is 6.01. The van der Waals surface area contributed by atoms with Crippen molar-refractivity contribution in [3.8, 4) is 22.6 Å². The van der Waals surface area contributed by atoms with E-state index in [1.165, 1.54) is 0 Å². The molecule has 1 fully saturated rings. The van der Waals surface area contributed by atoms with Crippen LogP contribution in [-0.2, 0) is 9.59 Å². The predicted molar refractivity (Wildman–Crippen MR) is 106 cm³/mol. The number of carbonyl (C=O) groups excluding carboxylic acids is 2. The van der Waals surface area contributed by atoms with E-state index in [2.05, 4.69) is 14.8 Å². The van der Waals surface area contributed by atoms with Crippen molar-refractivity contribution in [3.63, 3.8) is 0 Å². The fraction of sp³-hybridized carbons (Fsp3) is 0.364. The molecule has 37 heavy (non-hydrogen) atoms. The third kappa shape index (κ3) is 5.85. The van der Waals surface area contributed by atoms with Crippen LogP contribution in [0.4, 0.5) is 39.5 Å². The fourth-order valence-electron chi connectivity index (χ4n) is 4.31. The van der Waals surface area contributed by atoms with Crippen molar-refractivity contribution in [1.29, 1.82) is 0 Å². The van der Waals surface area contributed by atoms with Gasteiger partial charge in [0, 0.05) is 0 Å². The van der Waals surface area contributed by atoms with Crippen LogP contribution in [0.1, 0.15) is 30.0 Å². The SMILES string of the molecule is O=C(NC1c2ccc(OC(F)(F)F)cc2-c2cc(OC(F)(F)F)ccc21)C1CCC(C(F)(F)F)NC1=O. The van der Waals surface area contributed by atoms with Crippen LogP contribution in [0.25, 0.3) is 11.1 Å². The first-order chi connectivity index (χ1) is 17.0. The molecule has 15 heteroatoms. The largest absolute Gasteiger partial charge is 0.573 e. The van der Waals surface area contributed by atoms with Crippen LogP contribution in [0.5, 0.6) is 11.5 Å². The van der Waals surface area contributed by atoms with Crippen molar-refractivity contribution in [3.05, 3.63) is 47.5 Å². The number of carbonyl (C=O) groups is 2. The molecule has 0 saturated carbocycles. The van der Waals surface area contributed by atoms with Gasteiger partial charge >= 0.3 is 18.9 Å². The van der Waals surface area contributed by atoms with E-state index in [4.69, 9.17) is 0 Å². The molecule has 2 amide bonds. The average Bonchev–Trinajstić information content (AvgIpc) is 3.03. The summed E-state index contributed by atoms with van der Waals surface area (Å²) in [6, 6.07) is 2.70. The molecule has 2 aromatic carbocycles. The first-order valence-electron chi connectivity index (χ1n) is 10.5. The maximum absolute atomic E-state index is 12.9. The Morgan fingerprint density at radius 3 is 1.70 bits per heavy atom. The lowest BCUT2D eigenvalue weighted by molar-refractivity contribution is -0.275. The molecule has 0 bridgehead atoms. The topological polar surface area (TPSA) is 76.7 Å². The van der Waals surface area contributed by atoms with E-state index in [0.29, 0.717) is 0 Å². The van der Waals surface area contributed by atoms with Crippen molar-refractivity contribution in [2.24, 2.45) is 5.92 Å². The molecule has 0 spiro atoms. The van der Waals surface area contributed by atoms with Gasteiger partial charge in [0.2, 0.25) is 11.8 Å². The van der Waals surface area contributed by atoms with Gasteiger partial charge in [-0.25, -0.2) is 0 Å². The standard InChI is InChI=1S/C22H15F9N2O4/c23-20(24,25)16-6-5-13(18(34)32-16)19(35)33-17-11-3-1-9(36-21(26,27)28)7-14(11)15-8-10(2-4-12(15)17)37-22(29,30)31/h1-4,7-8,13,16-17H,5-6H2,(H,32,34)(H,33,35). The van der Waals surface area contributed by atoms with Gasteiger partial charge < -0.3 is 20.1 Å². The van der Waals surface area contributed by atoms with E-state index in [0.717, 1.165) is 36.4 Å². The maximum Gasteiger partial charge on any atom is 0.573 e. The second-order valence-corrected chi connectivity index (χ2v) is 8.27. The molecule has 4 rings (SSSR count). The summed E-state index contributed by atoms with van der Waals surface area (Å²) >= 11 is 0. The maximum atomic E-state index is 12.9. The minimum absolute atomic E-state index is 0.0140. The van der Waals surface area contributed by atoms with Crippen LogP contribution < -0.4 is 20.1 Å². The summed E-state index contributed by atoms with van der Waals surface area (Å²) < 4.78 is 123. The van der Waals surface area contributed by atoms with Gasteiger partial charge in [-0.15, -0.1) is 26.3 Å². The zero-order valence-electron chi connectivity index (χ0n) is 18.1. The molecule has 200 valence electrons. The Kier molecular flexibility index (Phi) is 6.44. The van der Waals surface area contributed by atoms with Gasteiger partial charge in [-0.2, -0.15) is 13.2 Å². The van der Waals surface area contributed by atoms with E-state index < -0.39 is 73.1 Å². The van der Waals surface area contributed by atoms with E-state index in [-0.39, 0.29) is 22.3 Å². The molecular weight excluding hydrogens is 527 g/mol. The highest BCUT2D eigenvalue weighted by Gasteiger charge is 2.46. The molecule has 2 atom stereocenters. The number of piperidine rings is 1. The number of hydrogen-bond donors (Lipinski definition) is 2. The summed E-state index contributed by atoms with van der Waals surface area (Å²) in [6.07, 6.45) is -15.8. The van der Waals surface area contributed by atoms with E-state index in [1.54, 1.807) is 5.32 Å². The number of nitrogens with one attached hydrogen (secondary N) is 2. The van der Waals surface area contributed by atoms with Crippen molar-refractivity contribution < 1.29 is 58.6 Å². The predicted octanol–water partition coefficient (Wildman–Crippen LogP) is 5.13. The van der Waals surface area contributed by atoms with Crippen molar-refractivity contribution in [1.82, 2.24) is 10.6 Å². The molecule has 1 heterocycles. The lowest BCUT2D eigenvalue weighted by Crippen LogP contribution is -2.54. The number of halogens is 9. The minimum atomic E-state index is -5.06. The van der Waals surface area contributed by atoms with Gasteiger partial charge in [-0.05, 0) is 59.4 Å². The average molecular weight is 542 g/mol. The highest BCUT2D eigenvalue weighted by Crippen LogP contribution is 2.47. The van der Waals surface area contributed by atoms with Crippen molar-refractivity contribution in [2.75, 3.05) is 0 Å². The summed E-state index contributed by atoms with van der Waals surface area (Å²) in [5.41, 5.74) is 0.289. The summed E-state index contributed by atoms with van der Waals surface area (Å²) in [5, 5.41) is 4.21. The second kappa shape index (κ2) is 9.03. The molecule has 6 nitrogen and oxygen atoms in total. The molecule has 1 saturated heterocycles. The zero-order valence-corrected chi connectivity index (χ0v) is 18.1. The Balaban J connectivity index is 1.65. The number of benzene rings is 2. The lowest BCUT2D eigenvalue weighted by atomic mass is 9.92. The molecular formula is C22H15F9N2O4. The van der Waals surface area contributed by atoms with Crippen LogP contribution in [-0.4, -0.2) is 36.8 Å². The smallest absolute Gasteiger partial charge is 0.406 e. The van der Waals surface area contributed by atoms with Crippen LogP contribution in [0, 0.1) is 5.92 Å². The number of ether oxygens (including phenoxy) is 2. The quantitative estimate of drug-likeness (QED) is 0.415. The first kappa shape index (κ1) is 26.4. The van der Waals surface area contributed by atoms with E-state index in [1.807, 2.05) is 0 Å². The highest BCUT2D eigenvalue weighted by atomic mass is 19.4. The molecule has 0 radical (unpaired) electrons. The fourth-order valence-corrected chi connectivity index (χ4v) is 4.31. The molecule has 2 N–H and O–H groups in total. The van der Waals surface area contributed by atoms with Crippen molar-refractivity contribution >= 4 is 11.8 Å². The van der Waals surface area contributed by atoms with E-state index >= 15 is 0 Å². The van der Waals surface area contributed by atoms with Gasteiger partial charge in [0.15, 0.2) is 0 Å². The Hall–Kier alpha value is -3.65. The first-order valence-corrected chi connectivity index (χ1v) is 10.5. The number of rotatable bonds is 4. The summed E-state index contributed by atoms with van der Waals surface area (Å²) in [6.45, 7) is 0. The van der Waals surface area contributed by atoms with Crippen LogP contribution >= 0.6 is 0 Å². The number of hydrogen-bond acceptors (Lipinski definition) is 4. The molecule has 2 aliphatic rings. The van der Waals surface area contributed by atoms with Crippen LogP contribution in [0.2, 0.25) is 0 Å². The third-order valence-electron chi connectivity index (χ3n) is 5.80. The van der Waals surface area contributed by atoms with Gasteiger partial charge in [0.1, 0.15) is 23.5 Å². The van der Waals surface area contributed by atoms with Crippen LogP contribution in [0.3, 0.4) is 0 Å². The monoisotopic (exact) mass is 542 g/mol. The Morgan fingerprint density at radius 2 is 1.30 bits per heavy atom. The van der Waals surface area contributed by atoms with Crippen LogP contribution in [0.15, 0.2) is 36.4 Å². The Bertz CT molecular complexity index is 1160. The summed E-state index contributed by atoms with van der Waals surface area (Å²) in [4.78, 5) is 25.0. The molecule has 2 unspecified atom stereocenters. The molecule has 1 aliphatic heterocycles. The van der Waals surface area contributed by atoms with E-state index in [9.17, 15) is 49.1 Å². The molecule has 2 aromatic rings. The normalized spacial score (nSPS) is 20.1. The number of fused-ring (bicyclic) bond motifs is 3. The second-order valence-electron chi connectivity index (χ2n) is 8.27. The summed E-state index contributed by atoms with van der Waals surface area (Å²) in [5.74, 6) is -4.99. The Labute approximate surface area is 201 Å². The van der Waals surface area contributed by atoms with Gasteiger partial charge in [0.05, 0.1) is 6.04 Å². The van der Waals surface area contributed by atoms with Gasteiger partial charge in [0.25, 0.3) is 0 Å². The molecule has 0 aromatic heterocycles. The van der Waals surface area contributed by atoms with Gasteiger partial charge in [-0.1, -0.05) is 12.1 Å². The van der Waals surface area contributed by atoms with Gasteiger partial charge in [-0.3, -0.25) is 9.59 Å². The number of alkyl halides is 9. The molecule has 1 aliphatic carbocycles.